The molecule has 1 heterocycles. The maximum absolute atomic E-state index is 12.5. The minimum Gasteiger partial charge on any atom is -0.494 e. The highest BCUT2D eigenvalue weighted by Gasteiger charge is 2.11. The summed E-state index contributed by atoms with van der Waals surface area (Å²) >= 11 is 0. The van der Waals surface area contributed by atoms with Crippen LogP contribution in [0.1, 0.15) is 12.5 Å². The molecular weight excluding hydrogens is 326 g/mol. The average Bonchev–Trinajstić information content (AvgIpc) is 2.68. The van der Waals surface area contributed by atoms with Crippen molar-refractivity contribution in [3.05, 3.63) is 71.9 Å². The predicted octanol–water partition coefficient (Wildman–Crippen LogP) is 4.18. The first-order chi connectivity index (χ1) is 12.7. The van der Waals surface area contributed by atoms with Crippen molar-refractivity contribution in [2.75, 3.05) is 11.9 Å². The van der Waals surface area contributed by atoms with E-state index in [4.69, 9.17) is 4.74 Å². The van der Waals surface area contributed by atoms with Crippen LogP contribution in [0, 0.1) is 11.3 Å². The number of ether oxygens (including phenoxy) is 1. The van der Waals surface area contributed by atoms with Gasteiger partial charge in [0.2, 0.25) is 0 Å². The Morgan fingerprint density at radius 3 is 2.73 bits per heavy atom. The van der Waals surface area contributed by atoms with Crippen molar-refractivity contribution in [2.45, 2.75) is 6.92 Å². The van der Waals surface area contributed by atoms with Gasteiger partial charge in [0.25, 0.3) is 5.91 Å². The van der Waals surface area contributed by atoms with E-state index in [2.05, 4.69) is 10.3 Å². The number of aromatic nitrogens is 1. The van der Waals surface area contributed by atoms with E-state index >= 15 is 0 Å². The van der Waals surface area contributed by atoms with Crippen LogP contribution < -0.4 is 10.1 Å². The fourth-order valence-electron chi connectivity index (χ4n) is 2.54. The highest BCUT2D eigenvalue weighted by molar-refractivity contribution is 6.12. The van der Waals surface area contributed by atoms with E-state index in [1.54, 1.807) is 48.7 Å². The molecule has 3 rings (SSSR count). The first kappa shape index (κ1) is 17.2. The molecule has 0 saturated carbocycles. The molecule has 1 N–H and O–H groups in total. The van der Waals surface area contributed by atoms with Gasteiger partial charge in [0.1, 0.15) is 17.4 Å². The van der Waals surface area contributed by atoms with Gasteiger partial charge in [-0.15, -0.1) is 0 Å². The zero-order valence-corrected chi connectivity index (χ0v) is 14.3. The summed E-state index contributed by atoms with van der Waals surface area (Å²) in [7, 11) is 0. The van der Waals surface area contributed by atoms with Crippen molar-refractivity contribution in [2.24, 2.45) is 0 Å². The van der Waals surface area contributed by atoms with Crippen LogP contribution in [0.15, 0.2) is 66.4 Å². The minimum atomic E-state index is -0.460. The monoisotopic (exact) mass is 343 g/mol. The topological polar surface area (TPSA) is 75.0 Å². The smallest absolute Gasteiger partial charge is 0.266 e. The molecule has 0 aliphatic carbocycles. The van der Waals surface area contributed by atoms with Crippen LogP contribution in [-0.2, 0) is 4.79 Å². The van der Waals surface area contributed by atoms with E-state index in [0.29, 0.717) is 12.3 Å². The molecule has 0 spiro atoms. The molecule has 3 aromatic rings. The number of nitrogens with zero attached hydrogens (tertiary/aromatic N) is 2. The number of carbonyl (C=O) groups excluding carboxylic acids is 1. The summed E-state index contributed by atoms with van der Waals surface area (Å²) in [5.41, 5.74) is 2.17. The van der Waals surface area contributed by atoms with E-state index in [-0.39, 0.29) is 5.57 Å². The van der Waals surface area contributed by atoms with Gasteiger partial charge in [0.15, 0.2) is 0 Å². The number of hydrogen-bond acceptors (Lipinski definition) is 4. The number of nitrogens with one attached hydrogen (secondary N) is 1. The van der Waals surface area contributed by atoms with E-state index in [0.717, 1.165) is 22.2 Å². The first-order valence-electron chi connectivity index (χ1n) is 8.21. The van der Waals surface area contributed by atoms with Crippen molar-refractivity contribution in [1.82, 2.24) is 4.98 Å². The van der Waals surface area contributed by atoms with E-state index in [1.165, 1.54) is 0 Å². The summed E-state index contributed by atoms with van der Waals surface area (Å²) in [6, 6.07) is 18.3. The Labute approximate surface area is 151 Å². The normalized spacial score (nSPS) is 11.0. The fourth-order valence-corrected chi connectivity index (χ4v) is 2.54. The van der Waals surface area contributed by atoms with Gasteiger partial charge in [-0.25, -0.2) is 0 Å². The molecule has 0 unspecified atom stereocenters. The summed E-state index contributed by atoms with van der Waals surface area (Å²) in [5, 5.41) is 13.0. The fraction of sp³-hybridized carbons (Fsp3) is 0.0952. The number of pyridine rings is 1. The number of fused-ring (bicyclic) bond motifs is 1. The molecule has 0 aliphatic heterocycles. The van der Waals surface area contributed by atoms with Crippen molar-refractivity contribution in [3.63, 3.8) is 0 Å². The van der Waals surface area contributed by atoms with Crippen LogP contribution in [0.4, 0.5) is 5.69 Å². The Kier molecular flexibility index (Phi) is 5.25. The summed E-state index contributed by atoms with van der Waals surface area (Å²) in [5.74, 6) is 0.286. The molecule has 0 fully saturated rings. The lowest BCUT2D eigenvalue weighted by Gasteiger charge is -2.08. The van der Waals surface area contributed by atoms with Gasteiger partial charge in [0, 0.05) is 11.6 Å². The average molecular weight is 343 g/mol. The Bertz CT molecular complexity index is 996. The number of benzene rings is 2. The molecule has 1 aromatic heterocycles. The SMILES string of the molecule is CCOc1ccc(/C=C(/C#N)C(=O)Nc2cccc3ncccc23)cc1. The Morgan fingerprint density at radius 1 is 1.19 bits per heavy atom. The molecule has 5 heteroatoms. The second kappa shape index (κ2) is 7.95. The highest BCUT2D eigenvalue weighted by atomic mass is 16.5. The molecule has 0 radical (unpaired) electrons. The first-order valence-corrected chi connectivity index (χ1v) is 8.21. The number of carbonyl (C=O) groups is 1. The molecule has 2 aromatic carbocycles. The number of rotatable bonds is 5. The summed E-state index contributed by atoms with van der Waals surface area (Å²) in [6.07, 6.45) is 3.24. The molecule has 0 bridgehead atoms. The van der Waals surface area contributed by atoms with Crippen LogP contribution in [-0.4, -0.2) is 17.5 Å². The number of hydrogen-bond donors (Lipinski definition) is 1. The van der Waals surface area contributed by atoms with Gasteiger partial charge in [-0.2, -0.15) is 5.26 Å². The minimum absolute atomic E-state index is 0.0232. The third-order valence-electron chi connectivity index (χ3n) is 3.76. The number of amides is 1. The van der Waals surface area contributed by atoms with Gasteiger partial charge in [-0.3, -0.25) is 9.78 Å². The van der Waals surface area contributed by atoms with Gasteiger partial charge in [-0.05, 0) is 55.0 Å². The molecular formula is C21H17N3O2. The highest BCUT2D eigenvalue weighted by Crippen LogP contribution is 2.22. The molecule has 128 valence electrons. The third-order valence-corrected chi connectivity index (χ3v) is 3.76. The van der Waals surface area contributed by atoms with E-state index in [1.807, 2.05) is 31.2 Å². The maximum atomic E-state index is 12.5. The second-order valence-electron chi connectivity index (χ2n) is 5.50. The number of nitriles is 1. The second-order valence-corrected chi connectivity index (χ2v) is 5.50. The lowest BCUT2D eigenvalue weighted by Crippen LogP contribution is -2.13. The van der Waals surface area contributed by atoms with Gasteiger partial charge in [-0.1, -0.05) is 18.2 Å². The van der Waals surface area contributed by atoms with Crippen molar-refractivity contribution in [1.29, 1.82) is 5.26 Å². The molecule has 26 heavy (non-hydrogen) atoms. The quantitative estimate of drug-likeness (QED) is 0.557. The molecule has 0 saturated heterocycles. The standard InChI is InChI=1S/C21H17N3O2/c1-2-26-17-10-8-15(9-11-17)13-16(14-22)21(25)24-20-7-3-6-19-18(20)5-4-12-23-19/h3-13H,2H2,1H3,(H,24,25)/b16-13-. The Morgan fingerprint density at radius 2 is 2.00 bits per heavy atom. The van der Waals surface area contributed by atoms with Crippen LogP contribution in [0.25, 0.3) is 17.0 Å². The van der Waals surface area contributed by atoms with Crippen LogP contribution in [0.3, 0.4) is 0 Å². The lowest BCUT2D eigenvalue weighted by molar-refractivity contribution is -0.112. The predicted molar refractivity (Wildman–Crippen MR) is 102 cm³/mol. The zero-order valence-electron chi connectivity index (χ0n) is 14.3. The van der Waals surface area contributed by atoms with Crippen LogP contribution in [0.2, 0.25) is 0 Å². The Hall–Kier alpha value is -3.65. The van der Waals surface area contributed by atoms with Crippen molar-refractivity contribution < 1.29 is 9.53 Å². The van der Waals surface area contributed by atoms with Gasteiger partial charge in [0.05, 0.1) is 17.8 Å². The van der Waals surface area contributed by atoms with Crippen LogP contribution in [0.5, 0.6) is 5.75 Å². The summed E-state index contributed by atoms with van der Waals surface area (Å²) in [6.45, 7) is 2.50. The summed E-state index contributed by atoms with van der Waals surface area (Å²) < 4.78 is 5.39. The zero-order chi connectivity index (χ0) is 18.4. The summed E-state index contributed by atoms with van der Waals surface area (Å²) in [4.78, 5) is 16.8. The van der Waals surface area contributed by atoms with Gasteiger partial charge < -0.3 is 10.1 Å². The molecule has 5 nitrogen and oxygen atoms in total. The third kappa shape index (κ3) is 3.87. The largest absolute Gasteiger partial charge is 0.494 e. The maximum Gasteiger partial charge on any atom is 0.266 e. The van der Waals surface area contributed by atoms with Crippen LogP contribution >= 0.6 is 0 Å². The van der Waals surface area contributed by atoms with Gasteiger partial charge >= 0.3 is 0 Å². The van der Waals surface area contributed by atoms with Crippen molar-refractivity contribution >= 4 is 28.6 Å². The van der Waals surface area contributed by atoms with Crippen molar-refractivity contribution in [3.8, 4) is 11.8 Å². The lowest BCUT2D eigenvalue weighted by atomic mass is 10.1. The van der Waals surface area contributed by atoms with E-state index in [9.17, 15) is 10.1 Å². The number of anilines is 1. The Balaban J connectivity index is 1.83. The molecule has 1 amide bonds. The molecule has 0 atom stereocenters. The van der Waals surface area contributed by atoms with E-state index < -0.39 is 5.91 Å². The molecule has 0 aliphatic rings.